The fraction of sp³-hybridized carbons (Fsp3) is 0.179. The third-order valence-corrected chi connectivity index (χ3v) is 5.84. The predicted octanol–water partition coefficient (Wildman–Crippen LogP) is 6.92. The summed E-state index contributed by atoms with van der Waals surface area (Å²) in [6.07, 6.45) is 3.39. The van der Waals surface area contributed by atoms with Gasteiger partial charge < -0.3 is 9.84 Å². The fourth-order valence-corrected chi connectivity index (χ4v) is 4.12. The molecule has 0 heterocycles. The number of halogens is 1. The maximum absolute atomic E-state index is 13.3. The second-order valence-corrected chi connectivity index (χ2v) is 7.90. The van der Waals surface area contributed by atoms with Crippen molar-refractivity contribution in [1.82, 2.24) is 0 Å². The third kappa shape index (κ3) is 4.80. The van der Waals surface area contributed by atoms with Crippen LogP contribution in [0.2, 0.25) is 0 Å². The summed E-state index contributed by atoms with van der Waals surface area (Å²) in [5, 5.41) is 12.0. The number of carbonyl (C=O) groups is 1. The highest BCUT2D eigenvalue weighted by Crippen LogP contribution is 2.27. The fourth-order valence-electron chi connectivity index (χ4n) is 4.12. The quantitative estimate of drug-likeness (QED) is 0.310. The molecular formula is C28H25FO3. The SMILES string of the molecule is COc1ccc2cccc(CCCCc3cc(-c4ccc(F)cc4)ccc3C(=O)O)c2c1. The molecule has 0 aliphatic rings. The molecule has 0 unspecified atom stereocenters. The Labute approximate surface area is 187 Å². The number of carboxylic acid groups (broad SMARTS) is 1. The molecule has 0 radical (unpaired) electrons. The van der Waals surface area contributed by atoms with Gasteiger partial charge in [-0.3, -0.25) is 0 Å². The van der Waals surface area contributed by atoms with Crippen LogP contribution in [-0.4, -0.2) is 18.2 Å². The number of benzene rings is 4. The first-order valence-electron chi connectivity index (χ1n) is 10.7. The number of unbranched alkanes of at least 4 members (excludes halogenated alkanes) is 1. The van der Waals surface area contributed by atoms with E-state index in [0.717, 1.165) is 41.7 Å². The number of methoxy groups -OCH3 is 1. The lowest BCUT2D eigenvalue weighted by atomic mass is 9.94. The molecule has 0 aromatic heterocycles. The van der Waals surface area contributed by atoms with E-state index in [1.807, 2.05) is 12.1 Å². The van der Waals surface area contributed by atoms with E-state index >= 15 is 0 Å². The van der Waals surface area contributed by atoms with Crippen molar-refractivity contribution >= 4 is 16.7 Å². The first-order chi connectivity index (χ1) is 15.5. The van der Waals surface area contributed by atoms with Crippen molar-refractivity contribution in [1.29, 1.82) is 0 Å². The van der Waals surface area contributed by atoms with Gasteiger partial charge in [0.25, 0.3) is 0 Å². The van der Waals surface area contributed by atoms with E-state index < -0.39 is 5.97 Å². The Morgan fingerprint density at radius 1 is 0.844 bits per heavy atom. The summed E-state index contributed by atoms with van der Waals surface area (Å²) < 4.78 is 18.6. The van der Waals surface area contributed by atoms with Crippen LogP contribution in [0.3, 0.4) is 0 Å². The van der Waals surface area contributed by atoms with Crippen molar-refractivity contribution < 1.29 is 19.0 Å². The van der Waals surface area contributed by atoms with Gasteiger partial charge in [0.15, 0.2) is 0 Å². The Bertz CT molecular complexity index is 1250. The summed E-state index contributed by atoms with van der Waals surface area (Å²) in [5.74, 6) is -0.373. The summed E-state index contributed by atoms with van der Waals surface area (Å²) in [4.78, 5) is 11.7. The number of rotatable bonds is 8. The lowest BCUT2D eigenvalue weighted by Crippen LogP contribution is -2.03. The minimum atomic E-state index is -0.924. The highest BCUT2D eigenvalue weighted by molar-refractivity contribution is 5.90. The van der Waals surface area contributed by atoms with Crippen LogP contribution in [0.25, 0.3) is 21.9 Å². The van der Waals surface area contributed by atoms with Crippen molar-refractivity contribution in [2.24, 2.45) is 0 Å². The van der Waals surface area contributed by atoms with Crippen molar-refractivity contribution in [2.45, 2.75) is 25.7 Å². The van der Waals surface area contributed by atoms with E-state index in [0.29, 0.717) is 12.0 Å². The topological polar surface area (TPSA) is 46.5 Å². The van der Waals surface area contributed by atoms with Gasteiger partial charge in [-0.1, -0.05) is 48.5 Å². The summed E-state index contributed by atoms with van der Waals surface area (Å²) in [7, 11) is 1.67. The summed E-state index contributed by atoms with van der Waals surface area (Å²) in [6.45, 7) is 0. The largest absolute Gasteiger partial charge is 0.497 e. The van der Waals surface area contributed by atoms with Crippen LogP contribution in [0, 0.1) is 5.82 Å². The number of aryl methyl sites for hydroxylation is 2. The third-order valence-electron chi connectivity index (χ3n) is 5.84. The number of hydrogen-bond acceptors (Lipinski definition) is 2. The zero-order valence-electron chi connectivity index (χ0n) is 18.0. The molecule has 0 aliphatic heterocycles. The molecule has 0 fully saturated rings. The van der Waals surface area contributed by atoms with Gasteiger partial charge in [0.2, 0.25) is 0 Å². The van der Waals surface area contributed by atoms with Crippen LogP contribution in [0.1, 0.15) is 34.3 Å². The van der Waals surface area contributed by atoms with Crippen molar-refractivity contribution in [3.63, 3.8) is 0 Å². The van der Waals surface area contributed by atoms with Gasteiger partial charge in [-0.15, -0.1) is 0 Å². The predicted molar refractivity (Wildman–Crippen MR) is 126 cm³/mol. The Kier molecular flexibility index (Phi) is 6.50. The van der Waals surface area contributed by atoms with Crippen LogP contribution in [0.4, 0.5) is 4.39 Å². The van der Waals surface area contributed by atoms with Crippen molar-refractivity contribution in [3.8, 4) is 16.9 Å². The van der Waals surface area contributed by atoms with E-state index in [1.165, 1.54) is 28.5 Å². The van der Waals surface area contributed by atoms with Crippen LogP contribution in [-0.2, 0) is 12.8 Å². The minimum absolute atomic E-state index is 0.290. The number of fused-ring (bicyclic) bond motifs is 1. The Balaban J connectivity index is 1.49. The molecule has 0 saturated carbocycles. The number of ether oxygens (including phenoxy) is 1. The molecule has 1 N–H and O–H groups in total. The maximum Gasteiger partial charge on any atom is 0.335 e. The number of carboxylic acids is 1. The van der Waals surface area contributed by atoms with E-state index in [9.17, 15) is 14.3 Å². The standard InChI is InChI=1S/C28H25FO3/c1-32-25-15-11-21-8-4-7-20(27(21)18-25)5-2-3-6-23-17-22(12-16-26(23)28(30)31)19-9-13-24(29)14-10-19/h4,7-18H,2-3,5-6H2,1H3,(H,30,31). The summed E-state index contributed by atoms with van der Waals surface area (Å²) in [5.41, 5.74) is 4.16. The monoisotopic (exact) mass is 428 g/mol. The van der Waals surface area contributed by atoms with Gasteiger partial charge in [0.1, 0.15) is 11.6 Å². The van der Waals surface area contributed by atoms with Gasteiger partial charge in [0.05, 0.1) is 12.7 Å². The average Bonchev–Trinajstić information content (AvgIpc) is 2.81. The lowest BCUT2D eigenvalue weighted by Gasteiger charge is -2.11. The van der Waals surface area contributed by atoms with Crippen LogP contribution >= 0.6 is 0 Å². The first kappa shape index (κ1) is 21.6. The molecule has 0 bridgehead atoms. The van der Waals surface area contributed by atoms with E-state index in [4.69, 9.17) is 4.74 Å². The minimum Gasteiger partial charge on any atom is -0.497 e. The molecule has 0 spiro atoms. The normalized spacial score (nSPS) is 10.9. The van der Waals surface area contributed by atoms with Crippen LogP contribution < -0.4 is 4.74 Å². The van der Waals surface area contributed by atoms with Crippen molar-refractivity contribution in [2.75, 3.05) is 7.11 Å². The zero-order chi connectivity index (χ0) is 22.5. The molecule has 4 aromatic rings. The van der Waals surface area contributed by atoms with E-state index in [2.05, 4.69) is 30.3 Å². The molecule has 4 aromatic carbocycles. The summed E-state index contributed by atoms with van der Waals surface area (Å²) >= 11 is 0. The lowest BCUT2D eigenvalue weighted by molar-refractivity contribution is 0.0695. The number of aromatic carboxylic acids is 1. The highest BCUT2D eigenvalue weighted by atomic mass is 19.1. The second-order valence-electron chi connectivity index (χ2n) is 7.90. The van der Waals surface area contributed by atoms with Crippen molar-refractivity contribution in [3.05, 3.63) is 101 Å². The molecular weight excluding hydrogens is 403 g/mol. The maximum atomic E-state index is 13.3. The van der Waals surface area contributed by atoms with Gasteiger partial charge in [-0.05, 0) is 89.0 Å². The molecule has 162 valence electrons. The van der Waals surface area contributed by atoms with E-state index in [-0.39, 0.29) is 5.82 Å². The van der Waals surface area contributed by atoms with Gasteiger partial charge in [-0.2, -0.15) is 0 Å². The molecule has 0 saturated heterocycles. The Morgan fingerprint density at radius 2 is 1.56 bits per heavy atom. The summed E-state index contributed by atoms with van der Waals surface area (Å²) in [6, 6.07) is 24.0. The van der Waals surface area contributed by atoms with Gasteiger partial charge in [0, 0.05) is 0 Å². The molecule has 0 atom stereocenters. The Morgan fingerprint density at radius 3 is 2.28 bits per heavy atom. The Hall–Kier alpha value is -3.66. The molecule has 4 rings (SSSR count). The molecule has 4 heteroatoms. The molecule has 32 heavy (non-hydrogen) atoms. The molecule has 0 aliphatic carbocycles. The van der Waals surface area contributed by atoms with E-state index in [1.54, 1.807) is 31.4 Å². The second kappa shape index (κ2) is 9.65. The highest BCUT2D eigenvalue weighted by Gasteiger charge is 2.12. The number of hydrogen-bond donors (Lipinski definition) is 1. The van der Waals surface area contributed by atoms with Gasteiger partial charge >= 0.3 is 5.97 Å². The smallest absolute Gasteiger partial charge is 0.335 e. The first-order valence-corrected chi connectivity index (χ1v) is 10.7. The van der Waals surface area contributed by atoms with Crippen LogP contribution in [0.5, 0.6) is 5.75 Å². The van der Waals surface area contributed by atoms with Crippen LogP contribution in [0.15, 0.2) is 78.9 Å². The molecule has 3 nitrogen and oxygen atoms in total. The average molecular weight is 429 g/mol. The van der Waals surface area contributed by atoms with Gasteiger partial charge in [-0.25, -0.2) is 9.18 Å². The zero-order valence-corrected chi connectivity index (χ0v) is 18.0. The molecule has 0 amide bonds.